The number of hydrogen-bond acceptors (Lipinski definition) is 7. The van der Waals surface area contributed by atoms with Gasteiger partial charge in [0, 0.05) is 5.56 Å². The van der Waals surface area contributed by atoms with Gasteiger partial charge in [0.2, 0.25) is 0 Å². The molecule has 7 nitrogen and oxygen atoms in total. The summed E-state index contributed by atoms with van der Waals surface area (Å²) in [6.07, 6.45) is 0.218. The predicted molar refractivity (Wildman–Crippen MR) is 71.7 cm³/mol. The van der Waals surface area contributed by atoms with Crippen LogP contribution in [0.3, 0.4) is 0 Å². The van der Waals surface area contributed by atoms with Crippen molar-refractivity contribution < 1.29 is 33.3 Å². The van der Waals surface area contributed by atoms with E-state index >= 15 is 0 Å². The van der Waals surface area contributed by atoms with Gasteiger partial charge in [-0.3, -0.25) is 4.79 Å². The summed E-state index contributed by atoms with van der Waals surface area (Å²) in [4.78, 5) is 33.3. The molecule has 1 aromatic carbocycles. The number of carbonyl (C=O) groups excluding carboxylic acids is 3. The summed E-state index contributed by atoms with van der Waals surface area (Å²) in [5, 5.41) is 0. The molecule has 0 aliphatic carbocycles. The highest BCUT2D eigenvalue weighted by atomic mass is 16.7. The lowest BCUT2D eigenvalue weighted by atomic mass is 10.2. The molecular formula is C14H16O7. The molecule has 0 heterocycles. The van der Waals surface area contributed by atoms with E-state index in [-0.39, 0.29) is 23.7 Å². The average Bonchev–Trinajstić information content (AvgIpc) is 2.49. The number of ether oxygens (including phenoxy) is 4. The molecule has 114 valence electrons. The summed E-state index contributed by atoms with van der Waals surface area (Å²) < 4.78 is 18.9. The van der Waals surface area contributed by atoms with Crippen LogP contribution in [0.25, 0.3) is 0 Å². The van der Waals surface area contributed by atoms with Crippen LogP contribution in [0.2, 0.25) is 0 Å². The fraction of sp³-hybridized carbons (Fsp3) is 0.357. The Kier molecular flexibility index (Phi) is 6.73. The highest BCUT2D eigenvalue weighted by molar-refractivity contribution is 5.78. The van der Waals surface area contributed by atoms with E-state index in [0.717, 1.165) is 13.5 Å². The number of methoxy groups -OCH3 is 1. The van der Waals surface area contributed by atoms with Gasteiger partial charge in [-0.05, 0) is 24.6 Å². The smallest absolute Gasteiger partial charge is 0.437 e. The summed E-state index contributed by atoms with van der Waals surface area (Å²) in [5.74, 6) is -0.161. The lowest BCUT2D eigenvalue weighted by Gasteiger charge is -2.10. The van der Waals surface area contributed by atoms with Crippen LogP contribution < -0.4 is 9.47 Å². The van der Waals surface area contributed by atoms with Crippen LogP contribution in [0.4, 0.5) is 9.59 Å². The zero-order chi connectivity index (χ0) is 15.7. The summed E-state index contributed by atoms with van der Waals surface area (Å²) in [5.41, 5.74) is 0.253. The zero-order valence-corrected chi connectivity index (χ0v) is 11.8. The first kappa shape index (κ1) is 16.5. The molecule has 0 N–H and O–H groups in total. The predicted octanol–water partition coefficient (Wildman–Crippen LogP) is 2.96. The topological polar surface area (TPSA) is 88.1 Å². The molecule has 0 saturated heterocycles. The van der Waals surface area contributed by atoms with Gasteiger partial charge in [-0.15, -0.1) is 0 Å². The molecular weight excluding hydrogens is 280 g/mol. The highest BCUT2D eigenvalue weighted by Gasteiger charge is 2.15. The number of aldehydes is 1. The van der Waals surface area contributed by atoms with Crippen molar-refractivity contribution in [2.45, 2.75) is 19.8 Å². The van der Waals surface area contributed by atoms with Gasteiger partial charge < -0.3 is 18.9 Å². The van der Waals surface area contributed by atoms with E-state index < -0.39 is 12.3 Å². The Hall–Kier alpha value is -2.57. The van der Waals surface area contributed by atoms with Crippen LogP contribution >= 0.6 is 0 Å². The van der Waals surface area contributed by atoms with Crippen molar-refractivity contribution in [3.63, 3.8) is 0 Å². The van der Waals surface area contributed by atoms with Gasteiger partial charge in [0.1, 0.15) is 6.29 Å². The third-order valence-electron chi connectivity index (χ3n) is 2.37. The fourth-order valence-electron chi connectivity index (χ4n) is 1.31. The normalized spacial score (nSPS) is 9.62. The molecule has 0 fully saturated rings. The molecule has 0 aromatic heterocycles. The molecule has 0 aliphatic heterocycles. The van der Waals surface area contributed by atoms with Gasteiger partial charge >= 0.3 is 12.3 Å². The van der Waals surface area contributed by atoms with E-state index in [4.69, 9.17) is 14.2 Å². The molecule has 1 rings (SSSR count). The maximum absolute atomic E-state index is 11.5. The van der Waals surface area contributed by atoms with Gasteiger partial charge in [-0.25, -0.2) is 9.59 Å². The second-order valence-corrected chi connectivity index (χ2v) is 3.93. The van der Waals surface area contributed by atoms with E-state index in [2.05, 4.69) is 4.74 Å². The molecule has 0 bridgehead atoms. The molecule has 0 unspecified atom stereocenters. The highest BCUT2D eigenvalue weighted by Crippen LogP contribution is 2.28. The van der Waals surface area contributed by atoms with Gasteiger partial charge in [0.15, 0.2) is 11.5 Å². The Morgan fingerprint density at radius 1 is 1.14 bits per heavy atom. The molecule has 0 spiro atoms. The van der Waals surface area contributed by atoms with Crippen LogP contribution in [0, 0.1) is 0 Å². The number of benzene rings is 1. The van der Waals surface area contributed by atoms with Gasteiger partial charge in [0.25, 0.3) is 0 Å². The number of unbranched alkanes of at least 4 members (excludes halogenated alkanes) is 1. The van der Waals surface area contributed by atoms with Crippen molar-refractivity contribution in [1.82, 2.24) is 0 Å². The summed E-state index contributed by atoms with van der Waals surface area (Å²) in [6.45, 7) is 2.17. The Balaban J connectivity index is 2.83. The largest absolute Gasteiger partial charge is 0.513 e. The lowest BCUT2D eigenvalue weighted by molar-refractivity contribution is 0.0937. The van der Waals surface area contributed by atoms with E-state index in [1.165, 1.54) is 18.2 Å². The van der Waals surface area contributed by atoms with Crippen molar-refractivity contribution in [3.05, 3.63) is 23.8 Å². The van der Waals surface area contributed by atoms with Gasteiger partial charge in [0.05, 0.1) is 13.7 Å². The fourth-order valence-corrected chi connectivity index (χ4v) is 1.31. The summed E-state index contributed by atoms with van der Waals surface area (Å²) in [6, 6.07) is 3.97. The first-order chi connectivity index (χ1) is 10.1. The minimum absolute atomic E-state index is 0.0557. The Labute approximate surface area is 121 Å². The first-order valence-electron chi connectivity index (χ1n) is 6.30. The molecule has 0 atom stereocenters. The summed E-state index contributed by atoms with van der Waals surface area (Å²) >= 11 is 0. The van der Waals surface area contributed by atoms with Crippen LogP contribution in [0.5, 0.6) is 11.5 Å². The minimum Gasteiger partial charge on any atom is -0.437 e. The lowest BCUT2D eigenvalue weighted by Crippen LogP contribution is -2.14. The quantitative estimate of drug-likeness (QED) is 0.345. The minimum atomic E-state index is -0.974. The van der Waals surface area contributed by atoms with E-state index in [1.807, 2.05) is 6.92 Å². The third kappa shape index (κ3) is 5.52. The SMILES string of the molecule is CCCCOC(=O)Oc1cc(C=O)ccc1OC(=O)OC. The molecule has 0 aliphatic rings. The van der Waals surface area contributed by atoms with Crippen LogP contribution in [-0.4, -0.2) is 32.3 Å². The van der Waals surface area contributed by atoms with Gasteiger partial charge in [-0.1, -0.05) is 13.3 Å². The molecule has 0 radical (unpaired) electrons. The van der Waals surface area contributed by atoms with E-state index in [9.17, 15) is 14.4 Å². The average molecular weight is 296 g/mol. The Morgan fingerprint density at radius 2 is 1.86 bits per heavy atom. The zero-order valence-electron chi connectivity index (χ0n) is 11.8. The molecule has 1 aromatic rings. The van der Waals surface area contributed by atoms with Crippen LogP contribution in [-0.2, 0) is 9.47 Å². The van der Waals surface area contributed by atoms with Crippen LogP contribution in [0.1, 0.15) is 30.1 Å². The van der Waals surface area contributed by atoms with Crippen molar-refractivity contribution >= 4 is 18.6 Å². The van der Waals surface area contributed by atoms with Crippen molar-refractivity contribution in [1.29, 1.82) is 0 Å². The van der Waals surface area contributed by atoms with E-state index in [1.54, 1.807) is 0 Å². The van der Waals surface area contributed by atoms with Gasteiger partial charge in [-0.2, -0.15) is 0 Å². The monoisotopic (exact) mass is 296 g/mol. The number of rotatable bonds is 6. The van der Waals surface area contributed by atoms with E-state index in [0.29, 0.717) is 12.7 Å². The molecule has 0 amide bonds. The molecule has 21 heavy (non-hydrogen) atoms. The maximum Gasteiger partial charge on any atom is 0.513 e. The standard InChI is InChI=1S/C14H16O7/c1-3-4-7-19-14(17)21-12-8-10(9-15)5-6-11(12)20-13(16)18-2/h5-6,8-9H,3-4,7H2,1-2H3. The second kappa shape index (κ2) is 8.57. The van der Waals surface area contributed by atoms with Crippen LogP contribution in [0.15, 0.2) is 18.2 Å². The number of carbonyl (C=O) groups is 3. The first-order valence-corrected chi connectivity index (χ1v) is 6.30. The second-order valence-electron chi connectivity index (χ2n) is 3.93. The number of hydrogen-bond donors (Lipinski definition) is 0. The third-order valence-corrected chi connectivity index (χ3v) is 2.37. The molecule has 0 saturated carbocycles. The maximum atomic E-state index is 11.5. The Bertz CT molecular complexity index is 510. The van der Waals surface area contributed by atoms with Crippen molar-refractivity contribution in [3.8, 4) is 11.5 Å². The molecule has 7 heteroatoms. The van der Waals surface area contributed by atoms with Crippen molar-refractivity contribution in [2.75, 3.05) is 13.7 Å². The summed E-state index contributed by atoms with van der Waals surface area (Å²) in [7, 11) is 1.14. The van der Waals surface area contributed by atoms with Crippen molar-refractivity contribution in [2.24, 2.45) is 0 Å². The Morgan fingerprint density at radius 3 is 2.48 bits per heavy atom.